The van der Waals surface area contributed by atoms with E-state index in [0.29, 0.717) is 71.5 Å². The van der Waals surface area contributed by atoms with Gasteiger partial charge in [0.2, 0.25) is 41.4 Å². The van der Waals surface area contributed by atoms with Crippen molar-refractivity contribution in [1.82, 2.24) is 46.0 Å². The lowest BCUT2D eigenvalue weighted by molar-refractivity contribution is -0.157. The molecule has 25 nitrogen and oxygen atoms in total. The molecule has 442 valence electrons. The molecule has 2 aliphatic heterocycles. The maximum atomic E-state index is 13.8. The molecular weight excluding hydrogens is 1100 g/mol. The predicted octanol–water partition coefficient (Wildman–Crippen LogP) is 1.18. The summed E-state index contributed by atoms with van der Waals surface area (Å²) in [6.07, 6.45) is 4.74. The van der Waals surface area contributed by atoms with E-state index in [1.165, 1.54) is 16.0 Å². The van der Waals surface area contributed by atoms with E-state index < -0.39 is 72.9 Å². The Morgan fingerprint density at radius 3 is 2.33 bits per heavy atom. The molecule has 2 aromatic heterocycles. The molecule has 85 heavy (non-hydrogen) atoms. The van der Waals surface area contributed by atoms with E-state index in [2.05, 4.69) is 31.9 Å². The maximum Gasteiger partial charge on any atom is 0.340 e. The van der Waals surface area contributed by atoms with Gasteiger partial charge in [-0.3, -0.25) is 43.2 Å². The Balaban J connectivity index is 0.770. The van der Waals surface area contributed by atoms with Gasteiger partial charge in [0, 0.05) is 60.9 Å². The number of anilines is 1. The molecule has 11 N–H and O–H groups in total. The highest BCUT2D eigenvalue weighted by Gasteiger charge is 2.35. The number of cyclic esters (lactones) is 1. The number of aliphatic hydroxyl groups is 1. The van der Waals surface area contributed by atoms with Crippen molar-refractivity contribution < 1.29 is 57.7 Å². The fourth-order valence-corrected chi connectivity index (χ4v) is 9.70. The lowest BCUT2D eigenvalue weighted by Crippen LogP contribution is -2.52. The number of fused-ring (bicyclic) bond motifs is 7. The number of pyridine rings is 2. The molecule has 0 radical (unpaired) electrons. The number of nitrogens with two attached hydrogens (primary N) is 2. The van der Waals surface area contributed by atoms with Crippen LogP contribution in [0.15, 0.2) is 120 Å². The predicted molar refractivity (Wildman–Crippen MR) is 311 cm³/mol. The number of aliphatic hydroxyl groups excluding tert-OH is 1. The van der Waals surface area contributed by atoms with Crippen molar-refractivity contribution in [3.8, 4) is 11.4 Å². The molecule has 2 aliphatic rings. The number of nitrogens with one attached hydrogen (secondary N) is 6. The number of rotatable bonds is 27. The van der Waals surface area contributed by atoms with E-state index in [0.717, 1.165) is 33.4 Å². The summed E-state index contributed by atoms with van der Waals surface area (Å²) in [6.45, 7) is -1.73. The first-order valence-electron chi connectivity index (χ1n) is 27.2. The van der Waals surface area contributed by atoms with E-state index in [1.54, 1.807) is 78.5 Å². The number of hydrogen-bond donors (Lipinski definition) is 9. The number of allylic oxidation sites excluding steroid dienone is 1. The van der Waals surface area contributed by atoms with Crippen LogP contribution in [-0.2, 0) is 78.7 Å². The van der Waals surface area contributed by atoms with Crippen LogP contribution in [0, 0.1) is 0 Å². The van der Waals surface area contributed by atoms with Gasteiger partial charge in [-0.15, -0.1) is 0 Å². The van der Waals surface area contributed by atoms with Crippen LogP contribution in [0.25, 0.3) is 38.8 Å². The first-order chi connectivity index (χ1) is 41.0. The molecule has 2 unspecified atom stereocenters. The van der Waals surface area contributed by atoms with Crippen LogP contribution < -0.4 is 49.0 Å². The molecule has 0 bridgehead atoms. The average molecular weight is 1160 g/mol. The van der Waals surface area contributed by atoms with Gasteiger partial charge in [-0.05, 0) is 70.6 Å². The van der Waals surface area contributed by atoms with Gasteiger partial charge in [0.05, 0.1) is 60.9 Å². The summed E-state index contributed by atoms with van der Waals surface area (Å²) >= 11 is 0. The van der Waals surface area contributed by atoms with Gasteiger partial charge >= 0.3 is 5.97 Å². The average Bonchev–Trinajstić information content (AvgIpc) is 1.77. The van der Waals surface area contributed by atoms with Gasteiger partial charge in [-0.2, -0.15) is 0 Å². The first-order valence-corrected chi connectivity index (χ1v) is 27.2. The number of likely N-dealkylation sites (N-methyl/N-ethyl adjacent to an activating group) is 1. The Morgan fingerprint density at radius 1 is 0.835 bits per heavy atom. The lowest BCUT2D eigenvalue weighted by Gasteiger charge is -2.21. The highest BCUT2D eigenvalue weighted by atomic mass is 16.5. The smallest absolute Gasteiger partial charge is 0.340 e. The van der Waals surface area contributed by atoms with Crippen LogP contribution in [0.3, 0.4) is 0 Å². The SMILES string of the molecule is CN(CCCCCC(=O)NCC(=O)NCC(=O)NC(Cc1ccccc1)C(=O)NCC(=O)NCOCC(=O)Nc1ccc(/C(N)=C/N(N)Cc2c3c(nc4ccc5ccccc5c24)-c2cc4c(c(=O)n2C3)COC(=O)C4O)cc1)C(=O)/C=C\C=O. The number of carbonyl (C=O) groups is 9. The second-order valence-electron chi connectivity index (χ2n) is 20.1. The second-order valence-corrected chi connectivity index (χ2v) is 20.1. The zero-order chi connectivity index (χ0) is 60.6. The minimum Gasteiger partial charge on any atom is -0.458 e. The molecule has 0 spiro atoms. The fraction of sp³-hybridized carbons (Fsp3) is 0.283. The number of amides is 7. The second kappa shape index (κ2) is 28.7. The van der Waals surface area contributed by atoms with Crippen LogP contribution in [0.1, 0.15) is 65.2 Å². The number of benzene rings is 4. The van der Waals surface area contributed by atoms with Crippen LogP contribution in [-0.4, -0.2) is 131 Å². The summed E-state index contributed by atoms with van der Waals surface area (Å²) in [5, 5.41) is 29.9. The normalized spacial score (nSPS) is 13.6. The van der Waals surface area contributed by atoms with Crippen molar-refractivity contribution in [3.63, 3.8) is 0 Å². The fourth-order valence-electron chi connectivity index (χ4n) is 9.70. The van der Waals surface area contributed by atoms with Crippen molar-refractivity contribution in [2.24, 2.45) is 11.6 Å². The summed E-state index contributed by atoms with van der Waals surface area (Å²) in [7, 11) is 1.60. The molecule has 7 amide bonds. The molecule has 0 saturated carbocycles. The first kappa shape index (κ1) is 61.0. The molecule has 6 aromatic rings. The number of ether oxygens (including phenoxy) is 2. The monoisotopic (exact) mass is 1160 g/mol. The quantitative estimate of drug-likeness (QED) is 0.00510. The Bertz CT molecular complexity index is 3660. The van der Waals surface area contributed by atoms with Crippen molar-refractivity contribution in [1.29, 1.82) is 0 Å². The molecule has 0 fully saturated rings. The minimum atomic E-state index is -1.60. The third-order valence-electron chi connectivity index (χ3n) is 14.1. The van der Waals surface area contributed by atoms with Crippen molar-refractivity contribution in [3.05, 3.63) is 159 Å². The summed E-state index contributed by atoms with van der Waals surface area (Å²) in [5.74, 6) is 1.96. The summed E-state index contributed by atoms with van der Waals surface area (Å²) in [6, 6.07) is 27.6. The largest absolute Gasteiger partial charge is 0.458 e. The van der Waals surface area contributed by atoms with Crippen molar-refractivity contribution in [2.75, 3.05) is 51.9 Å². The van der Waals surface area contributed by atoms with E-state index in [1.807, 2.05) is 36.4 Å². The number of aromatic nitrogens is 2. The van der Waals surface area contributed by atoms with Crippen LogP contribution in [0.2, 0.25) is 0 Å². The van der Waals surface area contributed by atoms with E-state index in [-0.39, 0.29) is 68.8 Å². The van der Waals surface area contributed by atoms with Gasteiger partial charge < -0.3 is 66.7 Å². The number of aldehydes is 1. The molecule has 4 aromatic carbocycles. The van der Waals surface area contributed by atoms with Crippen molar-refractivity contribution in [2.45, 2.75) is 63.9 Å². The Kier molecular flexibility index (Phi) is 20.6. The van der Waals surface area contributed by atoms with Gasteiger partial charge in [0.15, 0.2) is 6.10 Å². The van der Waals surface area contributed by atoms with E-state index >= 15 is 0 Å². The molecule has 25 heteroatoms. The highest BCUT2D eigenvalue weighted by Crippen LogP contribution is 2.40. The number of carbonyl (C=O) groups excluding carboxylic acids is 9. The molecule has 0 saturated heterocycles. The summed E-state index contributed by atoms with van der Waals surface area (Å²) in [4.78, 5) is 131. The Morgan fingerprint density at radius 2 is 1.55 bits per heavy atom. The molecule has 2 atom stereocenters. The summed E-state index contributed by atoms with van der Waals surface area (Å²) in [5.41, 5.74) is 11.7. The molecule has 4 heterocycles. The topological polar surface area (TPSA) is 358 Å². The molecule has 0 aliphatic carbocycles. The van der Waals surface area contributed by atoms with Gasteiger partial charge in [0.1, 0.15) is 32.3 Å². The van der Waals surface area contributed by atoms with Crippen LogP contribution in [0.4, 0.5) is 5.69 Å². The third kappa shape index (κ3) is 15.9. The number of hydrogen-bond acceptors (Lipinski definition) is 17. The van der Waals surface area contributed by atoms with Crippen molar-refractivity contribution >= 4 is 86.7 Å². The van der Waals surface area contributed by atoms with Gasteiger partial charge in [-0.25, -0.2) is 15.6 Å². The minimum absolute atomic E-state index is 0.0530. The standard InChI is InChI=1S/C60H64N12O13/c1-70(54(79)16-10-24-73)23-9-3-6-15-49(74)63-27-50(75)64-29-52(77)68-47(25-36-11-4-2-5-12-36)58(81)65-28-51(76)66-35-84-34-53(78)67-39-20-17-38(18-21-39)45(61)32-71(62)30-42-43-31-72-48(26-41-44(59(72)82)33-85-60(83)57(41)80)56(43)69-46-22-19-37-13-7-8-14-40(37)55(42)46/h2,4-5,7-8,10-14,16-22,24,26,32,47,57,80H,3,6,9,15,23,25,27-31,33-35,61-62H2,1H3,(H,63,74)(H,64,75)(H,65,81)(H,66,76)(H,67,78)(H,68,77)/b16-10-,45-32-. The number of unbranched alkanes of at least 4 members (excludes halogenated alkanes) is 2. The van der Waals surface area contributed by atoms with Crippen LogP contribution >= 0.6 is 0 Å². The molecular formula is C60H64N12O13. The Labute approximate surface area is 486 Å². The number of nitrogens with zero attached hydrogens (tertiary/aromatic N) is 4. The Hall–Kier alpha value is -10.1. The van der Waals surface area contributed by atoms with Gasteiger partial charge in [-0.1, -0.05) is 79.2 Å². The lowest BCUT2D eigenvalue weighted by atomic mass is 9.95. The summed E-state index contributed by atoms with van der Waals surface area (Å²) < 4.78 is 12.0. The third-order valence-corrected chi connectivity index (χ3v) is 14.1. The highest BCUT2D eigenvalue weighted by molar-refractivity contribution is 6.09. The molecule has 8 rings (SSSR count). The zero-order valence-corrected chi connectivity index (χ0v) is 46.4. The maximum absolute atomic E-state index is 13.8. The zero-order valence-electron chi connectivity index (χ0n) is 46.4. The van der Waals surface area contributed by atoms with Gasteiger partial charge in [0.25, 0.3) is 5.56 Å². The number of esters is 1. The van der Waals surface area contributed by atoms with Crippen LogP contribution in [0.5, 0.6) is 0 Å². The number of hydrazine groups is 1. The van der Waals surface area contributed by atoms with E-state index in [9.17, 15) is 53.1 Å². The van der Waals surface area contributed by atoms with E-state index in [4.69, 9.17) is 26.0 Å².